The van der Waals surface area contributed by atoms with Gasteiger partial charge < -0.3 is 21.1 Å². The maximum atomic E-state index is 12.4. The fourth-order valence-corrected chi connectivity index (χ4v) is 2.81. The van der Waals surface area contributed by atoms with Crippen LogP contribution >= 0.6 is 0 Å². The molecule has 29 heavy (non-hydrogen) atoms. The first-order valence-electron chi connectivity index (χ1n) is 8.63. The minimum Gasteiger partial charge on any atom is -0.475 e. The molecule has 0 radical (unpaired) electrons. The number of aromatic nitrogens is 2. The second kappa shape index (κ2) is 9.37. The summed E-state index contributed by atoms with van der Waals surface area (Å²) < 4.78 is 31.7. The molecule has 5 N–H and O–H groups in total. The van der Waals surface area contributed by atoms with E-state index >= 15 is 0 Å². The summed E-state index contributed by atoms with van der Waals surface area (Å²) in [5, 5.41) is 17.8. The summed E-state index contributed by atoms with van der Waals surface area (Å²) >= 11 is 0. The number of hydrogen-bond acceptors (Lipinski definition) is 5. The number of anilines is 1. The van der Waals surface area contributed by atoms with E-state index in [0.717, 1.165) is 29.4 Å². The zero-order valence-corrected chi connectivity index (χ0v) is 15.2. The summed E-state index contributed by atoms with van der Waals surface area (Å²) in [6, 6.07) is 5.59. The number of benzene rings is 1. The van der Waals surface area contributed by atoms with Crippen LogP contribution in [0.4, 0.5) is 18.9 Å². The van der Waals surface area contributed by atoms with E-state index in [0.29, 0.717) is 13.1 Å². The van der Waals surface area contributed by atoms with Crippen molar-refractivity contribution in [2.45, 2.75) is 19.0 Å². The first-order chi connectivity index (χ1) is 13.6. The molecule has 1 aliphatic heterocycles. The van der Waals surface area contributed by atoms with E-state index in [1.54, 1.807) is 11.1 Å². The highest BCUT2D eigenvalue weighted by Gasteiger charge is 2.38. The number of aliphatic carboxylic acids is 1. The number of carboxylic acids is 1. The summed E-state index contributed by atoms with van der Waals surface area (Å²) in [6.45, 7) is 1.11. The summed E-state index contributed by atoms with van der Waals surface area (Å²) in [6.07, 6.45) is -1.76. The van der Waals surface area contributed by atoms with E-state index in [-0.39, 0.29) is 24.3 Å². The number of aromatic amines is 1. The first kappa shape index (κ1) is 22.1. The Morgan fingerprint density at radius 3 is 2.66 bits per heavy atom. The average molecular weight is 415 g/mol. The summed E-state index contributed by atoms with van der Waals surface area (Å²) in [7, 11) is 0. The molecular weight excluding hydrogens is 395 g/mol. The second-order valence-corrected chi connectivity index (χ2v) is 6.35. The third-order valence-electron chi connectivity index (χ3n) is 4.27. The quantitative estimate of drug-likeness (QED) is 0.596. The fraction of sp³-hybridized carbons (Fsp3) is 0.412. The van der Waals surface area contributed by atoms with Crippen molar-refractivity contribution in [3.8, 4) is 0 Å². The Labute approximate surface area is 163 Å². The van der Waals surface area contributed by atoms with Crippen LogP contribution in [-0.4, -0.2) is 63.8 Å². The molecule has 1 aromatic carbocycles. The Hall–Kier alpha value is -3.15. The van der Waals surface area contributed by atoms with Crippen LogP contribution in [0.25, 0.3) is 10.9 Å². The molecule has 1 aromatic heterocycles. The number of fused-ring (bicyclic) bond motifs is 1. The van der Waals surface area contributed by atoms with Crippen molar-refractivity contribution >= 4 is 34.4 Å². The lowest BCUT2D eigenvalue weighted by molar-refractivity contribution is -0.192. The lowest BCUT2D eigenvalue weighted by Gasteiger charge is -2.31. The number of alkyl halides is 3. The van der Waals surface area contributed by atoms with Crippen molar-refractivity contribution in [3.63, 3.8) is 0 Å². The SMILES string of the molecule is NCC(=O)N1CCCC(C(=O)Nc2ccc3[nH]ncc3c2)C1.O=C(O)C(F)(F)F. The Morgan fingerprint density at radius 1 is 1.34 bits per heavy atom. The predicted molar refractivity (Wildman–Crippen MR) is 96.8 cm³/mol. The molecule has 2 heterocycles. The maximum Gasteiger partial charge on any atom is 0.490 e. The lowest BCUT2D eigenvalue weighted by Crippen LogP contribution is -2.45. The summed E-state index contributed by atoms with van der Waals surface area (Å²) in [5.41, 5.74) is 7.05. The van der Waals surface area contributed by atoms with Crippen molar-refractivity contribution in [1.82, 2.24) is 15.1 Å². The van der Waals surface area contributed by atoms with Gasteiger partial charge >= 0.3 is 12.1 Å². The Balaban J connectivity index is 0.000000370. The molecule has 0 spiro atoms. The molecule has 1 aliphatic rings. The monoisotopic (exact) mass is 415 g/mol. The van der Waals surface area contributed by atoms with Gasteiger partial charge in [-0.2, -0.15) is 18.3 Å². The maximum absolute atomic E-state index is 12.4. The van der Waals surface area contributed by atoms with Crippen molar-refractivity contribution in [3.05, 3.63) is 24.4 Å². The van der Waals surface area contributed by atoms with Crippen LogP contribution in [0, 0.1) is 5.92 Å². The topological polar surface area (TPSA) is 141 Å². The van der Waals surface area contributed by atoms with Crippen molar-refractivity contribution in [2.24, 2.45) is 11.7 Å². The zero-order chi connectivity index (χ0) is 21.6. The molecule has 1 fully saturated rings. The predicted octanol–water partition coefficient (Wildman–Crippen LogP) is 1.33. The van der Waals surface area contributed by atoms with Crippen molar-refractivity contribution in [1.29, 1.82) is 0 Å². The molecule has 3 rings (SSSR count). The van der Waals surface area contributed by atoms with Crippen LogP contribution in [0.1, 0.15) is 12.8 Å². The molecule has 2 amide bonds. The van der Waals surface area contributed by atoms with Crippen LogP contribution in [-0.2, 0) is 14.4 Å². The van der Waals surface area contributed by atoms with Crippen LogP contribution in [0.3, 0.4) is 0 Å². The zero-order valence-electron chi connectivity index (χ0n) is 15.2. The van der Waals surface area contributed by atoms with E-state index in [2.05, 4.69) is 15.5 Å². The highest BCUT2D eigenvalue weighted by Crippen LogP contribution is 2.21. The normalized spacial score (nSPS) is 16.7. The van der Waals surface area contributed by atoms with Gasteiger partial charge in [-0.15, -0.1) is 0 Å². The van der Waals surface area contributed by atoms with Crippen molar-refractivity contribution in [2.75, 3.05) is 25.0 Å². The number of nitrogens with one attached hydrogen (secondary N) is 2. The van der Waals surface area contributed by atoms with E-state index in [4.69, 9.17) is 15.6 Å². The van der Waals surface area contributed by atoms with Gasteiger partial charge in [0.1, 0.15) is 0 Å². The Kier molecular flexibility index (Phi) is 7.15. The number of carbonyl (C=O) groups excluding carboxylic acids is 2. The van der Waals surface area contributed by atoms with Crippen LogP contribution in [0.2, 0.25) is 0 Å². The smallest absolute Gasteiger partial charge is 0.475 e. The van der Waals surface area contributed by atoms with E-state index < -0.39 is 12.1 Å². The van der Waals surface area contributed by atoms with E-state index in [1.165, 1.54) is 0 Å². The van der Waals surface area contributed by atoms with Gasteiger partial charge in [-0.05, 0) is 31.0 Å². The van der Waals surface area contributed by atoms with Gasteiger partial charge in [0.25, 0.3) is 0 Å². The molecule has 158 valence electrons. The van der Waals surface area contributed by atoms with Gasteiger partial charge in [0.2, 0.25) is 11.8 Å². The molecule has 1 saturated heterocycles. The molecule has 9 nitrogen and oxygen atoms in total. The van der Waals surface area contributed by atoms with E-state index in [9.17, 15) is 22.8 Å². The van der Waals surface area contributed by atoms with Gasteiger partial charge in [-0.25, -0.2) is 4.79 Å². The third-order valence-corrected chi connectivity index (χ3v) is 4.27. The standard InChI is InChI=1S/C15H19N5O2.C2HF3O2/c16-7-14(21)20-5-1-2-10(9-20)15(22)18-12-3-4-13-11(6-12)8-17-19-13;3-2(4,5)1(6)7/h3-4,6,8,10H,1-2,5,7,9,16H2,(H,17,19)(H,18,22);(H,6,7). The molecule has 12 heteroatoms. The molecule has 1 unspecified atom stereocenters. The molecule has 2 aromatic rings. The van der Waals surface area contributed by atoms with Gasteiger partial charge in [0.05, 0.1) is 24.2 Å². The van der Waals surface area contributed by atoms with Crippen LogP contribution in [0.5, 0.6) is 0 Å². The summed E-state index contributed by atoms with van der Waals surface area (Å²) in [5.74, 6) is -3.11. The number of halogens is 3. The molecule has 0 saturated carbocycles. The molecule has 1 atom stereocenters. The van der Waals surface area contributed by atoms with Gasteiger partial charge in [0, 0.05) is 24.2 Å². The number of H-pyrrole nitrogens is 1. The van der Waals surface area contributed by atoms with Gasteiger partial charge in [-0.3, -0.25) is 14.7 Å². The molecule has 0 aliphatic carbocycles. The number of nitrogens with zero attached hydrogens (tertiary/aromatic N) is 2. The minimum atomic E-state index is -5.08. The van der Waals surface area contributed by atoms with Crippen LogP contribution in [0.15, 0.2) is 24.4 Å². The van der Waals surface area contributed by atoms with Crippen molar-refractivity contribution < 1.29 is 32.7 Å². The Bertz CT molecular complexity index is 883. The minimum absolute atomic E-state index is 0.00844. The Morgan fingerprint density at radius 2 is 2.03 bits per heavy atom. The third kappa shape index (κ3) is 6.17. The number of likely N-dealkylation sites (tertiary alicyclic amines) is 1. The number of piperidine rings is 1. The number of rotatable bonds is 3. The number of carboxylic acid groups (broad SMARTS) is 1. The fourth-order valence-electron chi connectivity index (χ4n) is 2.81. The second-order valence-electron chi connectivity index (χ2n) is 6.35. The lowest BCUT2D eigenvalue weighted by atomic mass is 9.97. The summed E-state index contributed by atoms with van der Waals surface area (Å²) in [4.78, 5) is 34.6. The molecule has 0 bridgehead atoms. The highest BCUT2D eigenvalue weighted by molar-refractivity contribution is 5.95. The highest BCUT2D eigenvalue weighted by atomic mass is 19.4. The first-order valence-corrected chi connectivity index (χ1v) is 8.63. The number of nitrogens with two attached hydrogens (primary N) is 1. The number of carbonyl (C=O) groups is 3. The number of hydrogen-bond donors (Lipinski definition) is 4. The number of amides is 2. The van der Waals surface area contributed by atoms with E-state index in [1.807, 2.05) is 18.2 Å². The van der Waals surface area contributed by atoms with Gasteiger partial charge in [0.15, 0.2) is 0 Å². The average Bonchev–Trinajstić information content (AvgIpc) is 3.15. The largest absolute Gasteiger partial charge is 0.490 e. The molecular formula is C17H20F3N5O4. The van der Waals surface area contributed by atoms with Crippen LogP contribution < -0.4 is 11.1 Å². The van der Waals surface area contributed by atoms with Gasteiger partial charge in [-0.1, -0.05) is 0 Å².